The van der Waals surface area contributed by atoms with Crippen LogP contribution in [0.4, 0.5) is 17.1 Å². The van der Waals surface area contributed by atoms with Gasteiger partial charge in [-0.1, -0.05) is 32.0 Å². The van der Waals surface area contributed by atoms with Crippen molar-refractivity contribution in [3.63, 3.8) is 0 Å². The van der Waals surface area contributed by atoms with E-state index in [1.54, 1.807) is 19.1 Å². The third-order valence-corrected chi connectivity index (χ3v) is 5.04. The molecule has 0 aliphatic rings. The highest BCUT2D eigenvalue weighted by molar-refractivity contribution is 7.92. The molecule has 0 spiro atoms. The van der Waals surface area contributed by atoms with Crippen LogP contribution < -0.4 is 10.0 Å². The molecule has 0 unspecified atom stereocenters. The molecule has 0 fully saturated rings. The molecule has 0 aliphatic heterocycles. The summed E-state index contributed by atoms with van der Waals surface area (Å²) in [5.41, 5.74) is 5.07. The van der Waals surface area contributed by atoms with E-state index in [2.05, 4.69) is 49.0 Å². The molecule has 0 heterocycles. The van der Waals surface area contributed by atoms with Crippen molar-refractivity contribution in [3.8, 4) is 0 Å². The Morgan fingerprint density at radius 1 is 1.00 bits per heavy atom. The first kappa shape index (κ1) is 17.3. The van der Waals surface area contributed by atoms with E-state index in [4.69, 9.17) is 0 Å². The van der Waals surface area contributed by atoms with E-state index in [1.165, 1.54) is 11.1 Å². The zero-order valence-corrected chi connectivity index (χ0v) is 14.9. The average Bonchev–Trinajstić information content (AvgIpc) is 2.50. The first-order valence-electron chi connectivity index (χ1n) is 7.79. The third-order valence-electron chi connectivity index (χ3n) is 3.73. The van der Waals surface area contributed by atoms with Gasteiger partial charge in [0, 0.05) is 17.1 Å². The zero-order chi connectivity index (χ0) is 17.0. The van der Waals surface area contributed by atoms with Gasteiger partial charge in [-0.25, -0.2) is 8.42 Å². The highest BCUT2D eigenvalue weighted by atomic mass is 32.2. The summed E-state index contributed by atoms with van der Waals surface area (Å²) < 4.78 is 25.7. The maximum atomic E-state index is 11.6. The number of benzene rings is 2. The lowest BCUT2D eigenvalue weighted by Gasteiger charge is -2.17. The van der Waals surface area contributed by atoms with Gasteiger partial charge in [-0.15, -0.1) is 0 Å². The molecule has 0 aliphatic carbocycles. The average molecular weight is 332 g/mol. The van der Waals surface area contributed by atoms with Gasteiger partial charge in [-0.3, -0.25) is 4.72 Å². The fourth-order valence-electron chi connectivity index (χ4n) is 2.36. The van der Waals surface area contributed by atoms with Crippen molar-refractivity contribution < 1.29 is 8.42 Å². The summed E-state index contributed by atoms with van der Waals surface area (Å²) in [4.78, 5) is 0. The second-order valence-electron chi connectivity index (χ2n) is 5.90. The smallest absolute Gasteiger partial charge is 0.232 e. The molecule has 0 saturated carbocycles. The normalized spacial score (nSPS) is 11.5. The number of para-hydroxylation sites is 1. The Kier molecular flexibility index (Phi) is 5.31. The van der Waals surface area contributed by atoms with Crippen LogP contribution in [0.2, 0.25) is 0 Å². The van der Waals surface area contributed by atoms with Crippen molar-refractivity contribution >= 4 is 27.1 Å². The molecular formula is C18H24N2O2S. The van der Waals surface area contributed by atoms with Crippen LogP contribution in [0.5, 0.6) is 0 Å². The predicted molar refractivity (Wildman–Crippen MR) is 98.1 cm³/mol. The summed E-state index contributed by atoms with van der Waals surface area (Å²) in [5, 5.41) is 3.45. The maximum absolute atomic E-state index is 11.6. The van der Waals surface area contributed by atoms with Gasteiger partial charge in [-0.2, -0.15) is 0 Å². The number of aryl methyl sites for hydroxylation is 1. The second kappa shape index (κ2) is 7.04. The van der Waals surface area contributed by atoms with E-state index in [-0.39, 0.29) is 5.75 Å². The van der Waals surface area contributed by atoms with E-state index >= 15 is 0 Å². The molecule has 4 nitrogen and oxygen atoms in total. The lowest BCUT2D eigenvalue weighted by Crippen LogP contribution is -2.14. The van der Waals surface area contributed by atoms with E-state index in [0.717, 1.165) is 11.4 Å². The molecule has 0 radical (unpaired) electrons. The minimum Gasteiger partial charge on any atom is -0.355 e. The van der Waals surface area contributed by atoms with Crippen molar-refractivity contribution in [1.29, 1.82) is 0 Å². The zero-order valence-electron chi connectivity index (χ0n) is 14.1. The Bertz CT molecular complexity index is 766. The van der Waals surface area contributed by atoms with Crippen LogP contribution in [0.15, 0.2) is 42.5 Å². The van der Waals surface area contributed by atoms with Crippen LogP contribution in [-0.4, -0.2) is 14.2 Å². The molecule has 124 valence electrons. The van der Waals surface area contributed by atoms with Crippen molar-refractivity contribution in [2.45, 2.75) is 33.6 Å². The molecule has 23 heavy (non-hydrogen) atoms. The summed E-state index contributed by atoms with van der Waals surface area (Å²) in [7, 11) is -3.24. The standard InChI is InChI=1S/C18H24N2O2S/c1-5-23(21,22)20-16-11-9-15(10-12-16)19-18-14(4)7-6-8-17(18)13(2)3/h6-13,19-20H,5H2,1-4H3. The minimum absolute atomic E-state index is 0.0635. The molecule has 0 aromatic heterocycles. The van der Waals surface area contributed by atoms with Gasteiger partial charge in [-0.05, 0) is 55.2 Å². The molecular weight excluding hydrogens is 308 g/mol. The predicted octanol–water partition coefficient (Wildman–Crippen LogP) is 4.62. The Morgan fingerprint density at radius 2 is 1.61 bits per heavy atom. The lowest BCUT2D eigenvalue weighted by atomic mass is 9.98. The summed E-state index contributed by atoms with van der Waals surface area (Å²) >= 11 is 0. The molecule has 0 saturated heterocycles. The summed E-state index contributed by atoms with van der Waals surface area (Å²) in [5.74, 6) is 0.488. The van der Waals surface area contributed by atoms with Gasteiger partial charge < -0.3 is 5.32 Å². The number of nitrogens with one attached hydrogen (secondary N) is 2. The second-order valence-corrected chi connectivity index (χ2v) is 7.91. The molecule has 0 amide bonds. The van der Waals surface area contributed by atoms with Crippen molar-refractivity contribution in [2.75, 3.05) is 15.8 Å². The van der Waals surface area contributed by atoms with Crippen molar-refractivity contribution in [1.82, 2.24) is 0 Å². The van der Waals surface area contributed by atoms with E-state index in [0.29, 0.717) is 11.6 Å². The molecule has 2 aromatic carbocycles. The van der Waals surface area contributed by atoms with Crippen LogP contribution in [0.25, 0.3) is 0 Å². The fourth-order valence-corrected chi connectivity index (χ4v) is 3.00. The summed E-state index contributed by atoms with van der Waals surface area (Å²) in [6.07, 6.45) is 0. The number of hydrogen-bond donors (Lipinski definition) is 2. The molecule has 2 aromatic rings. The highest BCUT2D eigenvalue weighted by Gasteiger charge is 2.10. The monoisotopic (exact) mass is 332 g/mol. The maximum Gasteiger partial charge on any atom is 0.232 e. The third kappa shape index (κ3) is 4.48. The first-order chi connectivity index (χ1) is 10.8. The topological polar surface area (TPSA) is 58.2 Å². The Labute approximate surface area is 139 Å². The Hall–Kier alpha value is -2.01. The van der Waals surface area contributed by atoms with Gasteiger partial charge in [0.15, 0.2) is 0 Å². The van der Waals surface area contributed by atoms with Crippen LogP contribution in [0.3, 0.4) is 0 Å². The SMILES string of the molecule is CCS(=O)(=O)Nc1ccc(Nc2c(C)cccc2C(C)C)cc1. The van der Waals surface area contributed by atoms with Crippen LogP contribution in [0.1, 0.15) is 37.8 Å². The largest absolute Gasteiger partial charge is 0.355 e. The molecule has 0 bridgehead atoms. The highest BCUT2D eigenvalue weighted by Crippen LogP contribution is 2.30. The van der Waals surface area contributed by atoms with Crippen LogP contribution in [0, 0.1) is 6.92 Å². The molecule has 2 rings (SSSR count). The first-order valence-corrected chi connectivity index (χ1v) is 9.44. The molecule has 2 N–H and O–H groups in total. The van der Waals surface area contributed by atoms with E-state index < -0.39 is 10.0 Å². The van der Waals surface area contributed by atoms with Gasteiger partial charge in [0.2, 0.25) is 10.0 Å². The number of hydrogen-bond acceptors (Lipinski definition) is 3. The number of rotatable bonds is 6. The molecule has 5 heteroatoms. The van der Waals surface area contributed by atoms with Crippen molar-refractivity contribution in [2.24, 2.45) is 0 Å². The minimum atomic E-state index is -3.24. The Balaban J connectivity index is 2.22. The van der Waals surface area contributed by atoms with Crippen molar-refractivity contribution in [3.05, 3.63) is 53.6 Å². The van der Waals surface area contributed by atoms with Gasteiger partial charge in [0.25, 0.3) is 0 Å². The molecule has 0 atom stereocenters. The Morgan fingerprint density at radius 3 is 2.17 bits per heavy atom. The summed E-state index contributed by atoms with van der Waals surface area (Å²) in [6.45, 7) is 8.03. The fraction of sp³-hybridized carbons (Fsp3) is 0.333. The van der Waals surface area contributed by atoms with Gasteiger partial charge in [0.1, 0.15) is 0 Å². The van der Waals surface area contributed by atoms with Crippen LogP contribution >= 0.6 is 0 Å². The van der Waals surface area contributed by atoms with Crippen LogP contribution in [-0.2, 0) is 10.0 Å². The summed E-state index contributed by atoms with van der Waals surface area (Å²) in [6, 6.07) is 13.6. The number of anilines is 3. The van der Waals surface area contributed by atoms with Gasteiger partial charge >= 0.3 is 0 Å². The van der Waals surface area contributed by atoms with Gasteiger partial charge in [0.05, 0.1) is 5.75 Å². The number of sulfonamides is 1. The van der Waals surface area contributed by atoms with E-state index in [9.17, 15) is 8.42 Å². The quantitative estimate of drug-likeness (QED) is 0.811. The van der Waals surface area contributed by atoms with E-state index in [1.807, 2.05) is 12.1 Å². The lowest BCUT2D eigenvalue weighted by molar-refractivity contribution is 0.602.